The topological polar surface area (TPSA) is 61.3 Å². The zero-order valence-electron chi connectivity index (χ0n) is 7.16. The molecular formula is C9H14N2O. The Kier molecular flexibility index (Phi) is 3.08. The van der Waals surface area contributed by atoms with Gasteiger partial charge >= 0.3 is 0 Å². The minimum atomic E-state index is -0.0732. The fourth-order valence-electron chi connectivity index (χ4n) is 0.987. The van der Waals surface area contributed by atoms with Crippen molar-refractivity contribution in [2.45, 2.75) is 6.04 Å². The first-order valence-electron chi connectivity index (χ1n) is 3.87. The zero-order valence-corrected chi connectivity index (χ0v) is 7.16. The van der Waals surface area contributed by atoms with Gasteiger partial charge in [-0.3, -0.25) is 0 Å². The monoisotopic (exact) mass is 166 g/mol. The first-order valence-corrected chi connectivity index (χ1v) is 3.87. The number of rotatable bonds is 3. The predicted octanol–water partition coefficient (Wildman–Crippen LogP) is 0.654. The van der Waals surface area contributed by atoms with Crippen LogP contribution in [0.4, 0.5) is 0 Å². The summed E-state index contributed by atoms with van der Waals surface area (Å²) in [5, 5.41) is 0. The lowest BCUT2D eigenvalue weighted by Gasteiger charge is -2.08. The normalized spacial score (nSPS) is 12.6. The molecule has 1 rings (SSSR count). The molecule has 0 aliphatic carbocycles. The minimum Gasteiger partial charge on any atom is -0.497 e. The highest BCUT2D eigenvalue weighted by atomic mass is 16.5. The maximum atomic E-state index is 5.72. The lowest BCUT2D eigenvalue weighted by molar-refractivity contribution is 0.414. The van der Waals surface area contributed by atoms with Gasteiger partial charge in [-0.25, -0.2) is 0 Å². The summed E-state index contributed by atoms with van der Waals surface area (Å²) in [4.78, 5) is 0. The van der Waals surface area contributed by atoms with Crippen LogP contribution < -0.4 is 16.2 Å². The van der Waals surface area contributed by atoms with E-state index in [9.17, 15) is 0 Å². The summed E-state index contributed by atoms with van der Waals surface area (Å²) >= 11 is 0. The average Bonchev–Trinajstić information content (AvgIpc) is 2.17. The zero-order chi connectivity index (χ0) is 8.97. The average molecular weight is 166 g/mol. The molecule has 4 N–H and O–H groups in total. The second kappa shape index (κ2) is 4.09. The Morgan fingerprint density at radius 2 is 1.92 bits per heavy atom. The third kappa shape index (κ3) is 1.96. The van der Waals surface area contributed by atoms with E-state index in [0.29, 0.717) is 6.54 Å². The first kappa shape index (κ1) is 9.03. The van der Waals surface area contributed by atoms with Crippen LogP contribution in [0, 0.1) is 0 Å². The van der Waals surface area contributed by atoms with Crippen molar-refractivity contribution < 1.29 is 4.74 Å². The van der Waals surface area contributed by atoms with E-state index in [2.05, 4.69) is 0 Å². The number of nitrogens with two attached hydrogens (primary N) is 2. The van der Waals surface area contributed by atoms with Crippen molar-refractivity contribution in [1.29, 1.82) is 0 Å². The molecule has 1 aromatic carbocycles. The fraction of sp³-hybridized carbons (Fsp3) is 0.333. The molecule has 0 spiro atoms. The molecule has 66 valence electrons. The van der Waals surface area contributed by atoms with E-state index in [1.54, 1.807) is 7.11 Å². The molecule has 12 heavy (non-hydrogen) atoms. The second-order valence-electron chi connectivity index (χ2n) is 2.62. The van der Waals surface area contributed by atoms with Crippen LogP contribution in [0.3, 0.4) is 0 Å². The van der Waals surface area contributed by atoms with E-state index >= 15 is 0 Å². The molecule has 0 amide bonds. The van der Waals surface area contributed by atoms with Gasteiger partial charge in [0.1, 0.15) is 5.75 Å². The van der Waals surface area contributed by atoms with Crippen molar-refractivity contribution in [3.8, 4) is 5.75 Å². The second-order valence-corrected chi connectivity index (χ2v) is 2.62. The summed E-state index contributed by atoms with van der Waals surface area (Å²) in [6.45, 7) is 0.465. The van der Waals surface area contributed by atoms with Gasteiger partial charge in [-0.15, -0.1) is 0 Å². The number of benzene rings is 1. The Hall–Kier alpha value is -1.06. The molecule has 0 saturated heterocycles. The van der Waals surface area contributed by atoms with Crippen LogP contribution in [0.1, 0.15) is 11.6 Å². The van der Waals surface area contributed by atoms with E-state index in [1.165, 1.54) is 0 Å². The highest BCUT2D eigenvalue weighted by Crippen LogP contribution is 2.14. The van der Waals surface area contributed by atoms with Crippen molar-refractivity contribution >= 4 is 0 Å². The maximum absolute atomic E-state index is 5.72. The number of ether oxygens (including phenoxy) is 1. The highest BCUT2D eigenvalue weighted by Gasteiger charge is 2.01. The van der Waals surface area contributed by atoms with E-state index in [0.717, 1.165) is 11.3 Å². The molecular weight excluding hydrogens is 152 g/mol. The van der Waals surface area contributed by atoms with Gasteiger partial charge in [0.05, 0.1) is 7.11 Å². The summed E-state index contributed by atoms with van der Waals surface area (Å²) < 4.78 is 5.01. The SMILES string of the molecule is COc1ccc([C@H](N)CN)cc1. The Morgan fingerprint density at radius 1 is 1.33 bits per heavy atom. The van der Waals surface area contributed by atoms with Crippen molar-refractivity contribution in [2.24, 2.45) is 11.5 Å². The Balaban J connectivity index is 2.77. The first-order chi connectivity index (χ1) is 5.77. The molecule has 0 aromatic heterocycles. The third-order valence-electron chi connectivity index (χ3n) is 1.80. The number of hydrogen-bond acceptors (Lipinski definition) is 3. The van der Waals surface area contributed by atoms with Gasteiger partial charge in [0.25, 0.3) is 0 Å². The molecule has 0 radical (unpaired) electrons. The summed E-state index contributed by atoms with van der Waals surface area (Å²) in [6.07, 6.45) is 0. The van der Waals surface area contributed by atoms with Gasteiger partial charge in [-0.2, -0.15) is 0 Å². The molecule has 0 saturated carbocycles. The van der Waals surface area contributed by atoms with Gasteiger partial charge in [-0.1, -0.05) is 12.1 Å². The van der Waals surface area contributed by atoms with Crippen LogP contribution >= 0.6 is 0 Å². The lowest BCUT2D eigenvalue weighted by Crippen LogP contribution is -2.20. The quantitative estimate of drug-likeness (QED) is 0.693. The van der Waals surface area contributed by atoms with Crippen molar-refractivity contribution in [3.63, 3.8) is 0 Å². The van der Waals surface area contributed by atoms with Crippen LogP contribution in [-0.4, -0.2) is 13.7 Å². The van der Waals surface area contributed by atoms with Crippen LogP contribution in [0.15, 0.2) is 24.3 Å². The van der Waals surface area contributed by atoms with Crippen LogP contribution in [0.5, 0.6) is 5.75 Å². The third-order valence-corrected chi connectivity index (χ3v) is 1.80. The summed E-state index contributed by atoms with van der Waals surface area (Å²) in [7, 11) is 1.64. The van der Waals surface area contributed by atoms with Crippen LogP contribution in [-0.2, 0) is 0 Å². The number of methoxy groups -OCH3 is 1. The van der Waals surface area contributed by atoms with E-state index in [-0.39, 0.29) is 6.04 Å². The van der Waals surface area contributed by atoms with Gasteiger partial charge in [0, 0.05) is 12.6 Å². The van der Waals surface area contributed by atoms with Crippen molar-refractivity contribution in [3.05, 3.63) is 29.8 Å². The smallest absolute Gasteiger partial charge is 0.118 e. The molecule has 0 fully saturated rings. The molecule has 3 heteroatoms. The van der Waals surface area contributed by atoms with Crippen molar-refractivity contribution in [1.82, 2.24) is 0 Å². The van der Waals surface area contributed by atoms with E-state index in [4.69, 9.17) is 16.2 Å². The van der Waals surface area contributed by atoms with Crippen LogP contribution in [0.25, 0.3) is 0 Å². The molecule has 0 aliphatic heterocycles. The molecule has 0 heterocycles. The summed E-state index contributed by atoms with van der Waals surface area (Å²) in [6, 6.07) is 7.54. The number of hydrogen-bond donors (Lipinski definition) is 2. The predicted molar refractivity (Wildman–Crippen MR) is 49.0 cm³/mol. The lowest BCUT2D eigenvalue weighted by atomic mass is 10.1. The summed E-state index contributed by atoms with van der Waals surface area (Å²) in [5.74, 6) is 0.836. The highest BCUT2D eigenvalue weighted by molar-refractivity contribution is 5.28. The molecule has 0 bridgehead atoms. The van der Waals surface area contributed by atoms with Gasteiger partial charge in [-0.05, 0) is 17.7 Å². The maximum Gasteiger partial charge on any atom is 0.118 e. The molecule has 1 atom stereocenters. The van der Waals surface area contributed by atoms with Gasteiger partial charge in [0.2, 0.25) is 0 Å². The molecule has 0 aliphatic rings. The Morgan fingerprint density at radius 3 is 2.33 bits per heavy atom. The largest absolute Gasteiger partial charge is 0.497 e. The fourth-order valence-corrected chi connectivity index (χ4v) is 0.987. The van der Waals surface area contributed by atoms with Gasteiger partial charge < -0.3 is 16.2 Å². The van der Waals surface area contributed by atoms with E-state index in [1.807, 2.05) is 24.3 Å². The Bertz CT molecular complexity index is 233. The molecule has 0 unspecified atom stereocenters. The minimum absolute atomic E-state index is 0.0732. The molecule has 1 aromatic rings. The van der Waals surface area contributed by atoms with Gasteiger partial charge in [0.15, 0.2) is 0 Å². The standard InChI is InChI=1S/C9H14N2O/c1-12-8-4-2-7(3-5-8)9(11)6-10/h2-5,9H,6,10-11H2,1H3/t9-/m1/s1. The van der Waals surface area contributed by atoms with Crippen LogP contribution in [0.2, 0.25) is 0 Å². The van der Waals surface area contributed by atoms with E-state index < -0.39 is 0 Å². The summed E-state index contributed by atoms with van der Waals surface area (Å²) in [5.41, 5.74) is 12.2. The van der Waals surface area contributed by atoms with Crippen molar-refractivity contribution in [2.75, 3.05) is 13.7 Å². The molecule has 3 nitrogen and oxygen atoms in total. The Labute approximate surface area is 72.3 Å².